The van der Waals surface area contributed by atoms with Gasteiger partial charge in [0.25, 0.3) is 0 Å². The minimum absolute atomic E-state index is 0.135. The zero-order valence-electron chi connectivity index (χ0n) is 64.6. The number of urea groups is 4. The Labute approximate surface area is 710 Å². The summed E-state index contributed by atoms with van der Waals surface area (Å²) in [5.74, 6) is -0.692. The summed E-state index contributed by atoms with van der Waals surface area (Å²) in [6, 6.07) is 21.4. The Morgan fingerprint density at radius 1 is 0.443 bits per heavy atom. The molecule has 8 amide bonds. The van der Waals surface area contributed by atoms with Crippen LogP contribution in [0, 0.1) is 0 Å². The van der Waals surface area contributed by atoms with Crippen molar-refractivity contribution < 1.29 is 112 Å². The van der Waals surface area contributed by atoms with Crippen molar-refractivity contribution in [3.05, 3.63) is 246 Å². The molecule has 10 N–H and O–H groups in total. The molecule has 12 rings (SSSR count). The van der Waals surface area contributed by atoms with E-state index in [2.05, 4.69) is 45.9 Å². The lowest BCUT2D eigenvalue weighted by molar-refractivity contribution is -0.274. The van der Waals surface area contributed by atoms with Gasteiger partial charge in [-0.15, -0.1) is 13.2 Å². The van der Waals surface area contributed by atoms with Gasteiger partial charge in [0.15, 0.2) is 0 Å². The number of aromatic nitrogens is 4. The number of nitrogens with zero attached hydrogens (tertiary/aromatic N) is 8. The van der Waals surface area contributed by atoms with Gasteiger partial charge in [-0.1, -0.05) is 77.6 Å². The summed E-state index contributed by atoms with van der Waals surface area (Å²) in [6.45, 7) is 5.24. The molecule has 24 nitrogen and oxygen atoms in total. The van der Waals surface area contributed by atoms with E-state index in [9.17, 15) is 87.2 Å². The largest absolute Gasteiger partial charge is 0.573 e. The van der Waals surface area contributed by atoms with Crippen LogP contribution in [0.15, 0.2) is 164 Å². The third-order valence-corrected chi connectivity index (χ3v) is 19.9. The monoisotopic (exact) mass is 1790 g/mol. The smallest absolute Gasteiger partial charge is 0.493 e. The number of carbonyl (C=O) groups is 4. The molecule has 4 aliphatic rings. The highest BCUT2D eigenvalue weighted by Gasteiger charge is 2.37. The molecular weight excluding hydrogens is 1710 g/mol. The maximum atomic E-state index is 13.2. The Hall–Kier alpha value is -10.8. The van der Waals surface area contributed by atoms with Crippen LogP contribution in [-0.4, -0.2) is 173 Å². The molecule has 122 heavy (non-hydrogen) atoms. The minimum atomic E-state index is -4.78. The number of pyridine rings is 4. The van der Waals surface area contributed by atoms with Crippen molar-refractivity contribution in [2.75, 3.05) is 93.4 Å². The molecule has 40 heteroatoms. The van der Waals surface area contributed by atoms with E-state index in [-0.39, 0.29) is 54.9 Å². The molecule has 1 unspecified atom stereocenters. The van der Waals surface area contributed by atoms with Crippen molar-refractivity contribution in [3.63, 3.8) is 0 Å². The lowest BCUT2D eigenvalue weighted by Crippen LogP contribution is -2.38. The van der Waals surface area contributed by atoms with Gasteiger partial charge in [-0.25, -0.2) is 19.2 Å². The molecule has 4 aliphatic heterocycles. The number of aliphatic hydroxyl groups excluding tert-OH is 6. The van der Waals surface area contributed by atoms with Gasteiger partial charge in [0.1, 0.15) is 23.7 Å². The Kier molecular flexibility index (Phi) is 33.4. The SMILES string of the molecule is CC(O)c1cnc(C2=CCN(C(=O)Nc3ccc(C(F)(F)F)cc3)CC2)c(Cl)c1.CCCOc1cc(NC(=O)N2CC=C(c3ncc(CO)cc3Cl)CC2)ccc1C(F)(F)F.O=C(Nc1ccc(C(F)(F)F)cc1)N1CC=C(c2ncc([C@H](O)CO)cc2Cl)CC1.O=C(Nc1ccc(OC(F)(F)F)cc1)N1CC=C(c2ncc([C@H](O)CO)cc2Cl)CC1. The number of anilines is 4. The van der Waals surface area contributed by atoms with Gasteiger partial charge < -0.3 is 81.0 Å². The zero-order valence-corrected chi connectivity index (χ0v) is 67.6. The summed E-state index contributed by atoms with van der Waals surface area (Å²) in [7, 11) is 0. The first-order valence-corrected chi connectivity index (χ1v) is 38.8. The summed E-state index contributed by atoms with van der Waals surface area (Å²) in [5, 5.41) is 68.0. The number of halogens is 16. The predicted octanol–water partition coefficient (Wildman–Crippen LogP) is 18.6. The van der Waals surface area contributed by atoms with E-state index in [4.69, 9.17) is 66.5 Å². The maximum absolute atomic E-state index is 13.2. The Morgan fingerprint density at radius 3 is 1.07 bits per heavy atom. The van der Waals surface area contributed by atoms with Crippen molar-refractivity contribution in [1.82, 2.24) is 39.5 Å². The molecule has 0 saturated heterocycles. The molecule has 0 spiro atoms. The van der Waals surface area contributed by atoms with E-state index in [1.807, 2.05) is 12.2 Å². The van der Waals surface area contributed by atoms with Crippen LogP contribution in [0.5, 0.6) is 11.5 Å². The number of aliphatic hydroxyl groups is 6. The fourth-order valence-corrected chi connectivity index (χ4v) is 13.3. The number of rotatable bonds is 18. The number of nitrogens with one attached hydrogen (secondary N) is 4. The number of ether oxygens (including phenoxy) is 2. The fraction of sp³-hybridized carbons (Fsp3) is 0.317. The van der Waals surface area contributed by atoms with Crippen LogP contribution >= 0.6 is 46.4 Å². The van der Waals surface area contributed by atoms with Crippen molar-refractivity contribution >= 4 is 116 Å². The van der Waals surface area contributed by atoms with Crippen LogP contribution in [-0.2, 0) is 25.1 Å². The van der Waals surface area contributed by atoms with Gasteiger partial charge in [-0.3, -0.25) is 19.9 Å². The second-order valence-electron chi connectivity index (χ2n) is 27.4. The molecule has 0 bridgehead atoms. The van der Waals surface area contributed by atoms with Crippen molar-refractivity contribution in [2.24, 2.45) is 0 Å². The van der Waals surface area contributed by atoms with Crippen LogP contribution in [0.25, 0.3) is 22.3 Å². The van der Waals surface area contributed by atoms with Crippen LogP contribution < -0.4 is 30.7 Å². The Bertz CT molecular complexity index is 5110. The third-order valence-electron chi connectivity index (χ3n) is 18.7. The van der Waals surface area contributed by atoms with E-state index in [0.717, 1.165) is 64.8 Å². The average molecular weight is 1800 g/mol. The van der Waals surface area contributed by atoms with Gasteiger partial charge in [0, 0.05) is 123 Å². The average Bonchev–Trinajstić information content (AvgIpc) is 0.826. The van der Waals surface area contributed by atoms with E-state index in [0.29, 0.717) is 142 Å². The van der Waals surface area contributed by atoms with Crippen LogP contribution in [0.4, 0.5) is 94.6 Å². The summed E-state index contributed by atoms with van der Waals surface area (Å²) in [4.78, 5) is 73.0. The molecule has 0 fully saturated rings. The van der Waals surface area contributed by atoms with Crippen LogP contribution in [0.1, 0.15) is 126 Å². The Balaban J connectivity index is 0.000000185. The van der Waals surface area contributed by atoms with Crippen LogP contribution in [0.2, 0.25) is 20.1 Å². The number of hydrogen-bond acceptors (Lipinski definition) is 16. The van der Waals surface area contributed by atoms with Gasteiger partial charge in [-0.2, -0.15) is 39.5 Å². The quantitative estimate of drug-likeness (QED) is 0.0357. The molecule has 652 valence electrons. The number of hydrogen-bond donors (Lipinski definition) is 10. The zero-order chi connectivity index (χ0) is 89.0. The van der Waals surface area contributed by atoms with Crippen LogP contribution in [0.3, 0.4) is 0 Å². The first-order valence-electron chi connectivity index (χ1n) is 37.3. The fourth-order valence-electron chi connectivity index (χ4n) is 12.1. The van der Waals surface area contributed by atoms with E-state index in [1.165, 1.54) is 87.8 Å². The summed E-state index contributed by atoms with van der Waals surface area (Å²) >= 11 is 25.0. The molecule has 3 atom stereocenters. The highest BCUT2D eigenvalue weighted by molar-refractivity contribution is 6.33. The molecule has 0 aliphatic carbocycles. The van der Waals surface area contributed by atoms with E-state index >= 15 is 0 Å². The van der Waals surface area contributed by atoms with Gasteiger partial charge in [-0.05, 0) is 176 Å². The lowest BCUT2D eigenvalue weighted by atomic mass is 10.0. The second kappa shape index (κ2) is 42.8. The molecule has 0 saturated carbocycles. The van der Waals surface area contributed by atoms with Crippen molar-refractivity contribution in [2.45, 2.75) is 95.8 Å². The first kappa shape index (κ1) is 95.0. The summed E-state index contributed by atoms with van der Waals surface area (Å²) in [6.07, 6.45) is -5.15. The topological polar surface area (TPSA) is 321 Å². The summed E-state index contributed by atoms with van der Waals surface area (Å²) < 4.78 is 161. The first-order chi connectivity index (χ1) is 57.7. The number of alkyl halides is 12. The van der Waals surface area contributed by atoms with E-state index < -0.39 is 97.2 Å². The number of benzene rings is 4. The van der Waals surface area contributed by atoms with Crippen molar-refractivity contribution in [1.29, 1.82) is 0 Å². The second-order valence-corrected chi connectivity index (χ2v) is 29.0. The minimum Gasteiger partial charge on any atom is -0.493 e. The lowest BCUT2D eigenvalue weighted by Gasteiger charge is -2.27. The standard InChI is InChI=1S/C22H23ClF3N3O3.C20H19ClF3N3O4.C20H19ClF3N3O3.C20H19ClF3N3O2/c1-2-9-32-19-11-16(3-4-17(19)22(24,25)26)28-21(31)29-7-5-15(6-8-29)20-18(23)10-14(13-30)12-27-20;21-16-9-13(17(29)11-28)10-25-18(16)12-5-7-27(8-6-12)19(30)26-14-1-3-15(4-2-14)31-20(22,23)24;21-16-9-13(17(29)11-28)10-25-18(16)12-5-7-27(8-6-12)19(30)26-15-3-1-14(2-4-15)20(22,23)24;1-12(28)14-10-17(21)18(25-11-14)13-6-8-27(9-7-13)19(29)26-16-4-2-15(3-5-16)20(22,23)24/h3-5,10-12,30H,2,6-9,13H2,1H3,(H,28,31);1-5,9-10,17,28-29H,6-8,11H2,(H,26,30);1-5,9-10,17,28-29H,6-8,11H2,(H,26,30);2-6,10-12,28H,7-9H2,1H3,(H,26,29)/t;2*17-;/m.11./s1. The molecule has 4 aromatic carbocycles. The normalized spacial score (nSPS) is 15.1. The summed E-state index contributed by atoms with van der Waals surface area (Å²) in [5.41, 5.74) is 6.43. The molecule has 8 heterocycles. The van der Waals surface area contributed by atoms with Gasteiger partial charge in [0.05, 0.1) is 92.1 Å². The molecular formula is C82H80Cl4F12N12O12. The highest BCUT2D eigenvalue weighted by Crippen LogP contribution is 2.40. The highest BCUT2D eigenvalue weighted by atomic mass is 35.5. The van der Waals surface area contributed by atoms with Gasteiger partial charge >= 0.3 is 49.0 Å². The van der Waals surface area contributed by atoms with Crippen molar-refractivity contribution in [3.8, 4) is 11.5 Å². The Morgan fingerprint density at radius 2 is 0.770 bits per heavy atom. The number of carbonyl (C=O) groups excluding carboxylic acids is 4. The number of amides is 8. The maximum Gasteiger partial charge on any atom is 0.573 e. The molecule has 0 radical (unpaired) electrons. The van der Waals surface area contributed by atoms with Gasteiger partial charge in [0.2, 0.25) is 0 Å². The molecule has 8 aromatic rings. The molecule has 4 aromatic heterocycles. The van der Waals surface area contributed by atoms with E-state index in [1.54, 1.807) is 55.4 Å². The predicted molar refractivity (Wildman–Crippen MR) is 434 cm³/mol. The third kappa shape index (κ3) is 27.1.